The third kappa shape index (κ3) is 3.99. The minimum atomic E-state index is -1.67. The highest BCUT2D eigenvalue weighted by molar-refractivity contribution is 6.02. The first-order chi connectivity index (χ1) is 11.7. The first kappa shape index (κ1) is 18.5. The Kier molecular flexibility index (Phi) is 5.46. The zero-order valence-electron chi connectivity index (χ0n) is 14.0. The van der Waals surface area contributed by atoms with E-state index in [0.717, 1.165) is 17.2 Å². The van der Waals surface area contributed by atoms with Crippen LogP contribution in [-0.4, -0.2) is 18.4 Å². The number of carbonyl (C=O) groups excluding carboxylic acids is 2. The Labute approximate surface area is 143 Å². The molecule has 0 bridgehead atoms. The molecule has 4 nitrogen and oxygen atoms in total. The zero-order chi connectivity index (χ0) is 18.7. The van der Waals surface area contributed by atoms with E-state index < -0.39 is 29.0 Å². The van der Waals surface area contributed by atoms with Crippen molar-refractivity contribution in [2.24, 2.45) is 0 Å². The minimum absolute atomic E-state index is 0.377. The summed E-state index contributed by atoms with van der Waals surface area (Å²) < 4.78 is 39.8. The van der Waals surface area contributed by atoms with Crippen molar-refractivity contribution < 1.29 is 22.8 Å². The lowest BCUT2D eigenvalue weighted by Gasteiger charge is -2.24. The van der Waals surface area contributed by atoms with Crippen molar-refractivity contribution in [3.05, 3.63) is 58.9 Å². The second kappa shape index (κ2) is 7.38. The van der Waals surface area contributed by atoms with Gasteiger partial charge in [-0.15, -0.1) is 0 Å². The Morgan fingerprint density at radius 3 is 2.16 bits per heavy atom. The molecule has 2 aromatic rings. The Bertz CT molecular complexity index is 817. The highest BCUT2D eigenvalue weighted by atomic mass is 19.2. The molecule has 7 heteroatoms. The highest BCUT2D eigenvalue weighted by Crippen LogP contribution is 2.25. The predicted molar refractivity (Wildman–Crippen MR) is 88.9 cm³/mol. The zero-order valence-corrected chi connectivity index (χ0v) is 14.0. The number of benzene rings is 2. The van der Waals surface area contributed by atoms with Crippen LogP contribution in [0, 0.1) is 31.3 Å². The lowest BCUT2D eigenvalue weighted by molar-refractivity contribution is -0.120. The first-order valence-corrected chi connectivity index (χ1v) is 7.50. The van der Waals surface area contributed by atoms with E-state index in [4.69, 9.17) is 0 Å². The van der Waals surface area contributed by atoms with Gasteiger partial charge in [0.25, 0.3) is 0 Å². The Morgan fingerprint density at radius 1 is 1.00 bits per heavy atom. The summed E-state index contributed by atoms with van der Waals surface area (Å²) in [5.41, 5.74) is 1.67. The maximum absolute atomic E-state index is 13.7. The second-order valence-electron chi connectivity index (χ2n) is 5.62. The maximum Gasteiger partial charge on any atom is 0.244 e. The van der Waals surface area contributed by atoms with Crippen molar-refractivity contribution in [2.75, 3.05) is 16.8 Å². The van der Waals surface area contributed by atoms with Gasteiger partial charge in [-0.1, -0.05) is 18.2 Å². The molecule has 25 heavy (non-hydrogen) atoms. The van der Waals surface area contributed by atoms with Crippen molar-refractivity contribution in [3.63, 3.8) is 0 Å². The van der Waals surface area contributed by atoms with Gasteiger partial charge in [-0.25, -0.2) is 13.2 Å². The second-order valence-corrected chi connectivity index (χ2v) is 5.62. The van der Waals surface area contributed by atoms with Gasteiger partial charge in [-0.05, 0) is 37.1 Å². The van der Waals surface area contributed by atoms with E-state index in [1.54, 1.807) is 26.0 Å². The molecule has 0 unspecified atom stereocenters. The average molecular weight is 350 g/mol. The topological polar surface area (TPSA) is 49.4 Å². The van der Waals surface area contributed by atoms with Crippen LogP contribution in [0.25, 0.3) is 0 Å². The van der Waals surface area contributed by atoms with Gasteiger partial charge in [0.05, 0.1) is 11.4 Å². The molecule has 0 heterocycles. The monoisotopic (exact) mass is 350 g/mol. The summed E-state index contributed by atoms with van der Waals surface area (Å²) in [5, 5.41) is 2.16. The molecule has 2 amide bonds. The number of halogens is 3. The molecule has 0 saturated carbocycles. The molecule has 2 aromatic carbocycles. The van der Waals surface area contributed by atoms with E-state index >= 15 is 0 Å². The summed E-state index contributed by atoms with van der Waals surface area (Å²) >= 11 is 0. The van der Waals surface area contributed by atoms with Crippen molar-refractivity contribution in [1.82, 2.24) is 0 Å². The number of nitrogens with one attached hydrogen (secondary N) is 1. The average Bonchev–Trinajstić information content (AvgIpc) is 2.54. The van der Waals surface area contributed by atoms with Crippen LogP contribution in [0.15, 0.2) is 30.3 Å². The summed E-state index contributed by atoms with van der Waals surface area (Å²) in [4.78, 5) is 25.4. The number of hydrogen-bond acceptors (Lipinski definition) is 2. The van der Waals surface area contributed by atoms with E-state index in [0.29, 0.717) is 11.8 Å². The van der Waals surface area contributed by atoms with Gasteiger partial charge in [-0.2, -0.15) is 0 Å². The molecular weight excluding hydrogens is 333 g/mol. The van der Waals surface area contributed by atoms with E-state index in [2.05, 4.69) is 5.32 Å². The van der Waals surface area contributed by atoms with Crippen LogP contribution >= 0.6 is 0 Å². The number of carbonyl (C=O) groups is 2. The van der Waals surface area contributed by atoms with Crippen molar-refractivity contribution in [1.29, 1.82) is 0 Å². The van der Waals surface area contributed by atoms with Crippen LogP contribution < -0.4 is 10.2 Å². The molecule has 0 aliphatic heterocycles. The van der Waals surface area contributed by atoms with Gasteiger partial charge < -0.3 is 10.2 Å². The van der Waals surface area contributed by atoms with E-state index in [9.17, 15) is 22.8 Å². The third-order valence-corrected chi connectivity index (χ3v) is 3.70. The number of para-hydroxylation sites is 1. The number of anilines is 2. The van der Waals surface area contributed by atoms with Crippen molar-refractivity contribution in [3.8, 4) is 0 Å². The van der Waals surface area contributed by atoms with Crippen molar-refractivity contribution in [2.45, 2.75) is 20.8 Å². The number of hydrogen-bond donors (Lipinski definition) is 1. The fourth-order valence-corrected chi connectivity index (χ4v) is 2.54. The quantitative estimate of drug-likeness (QED) is 0.855. The van der Waals surface area contributed by atoms with Crippen LogP contribution in [0.5, 0.6) is 0 Å². The van der Waals surface area contributed by atoms with Gasteiger partial charge in [-0.3, -0.25) is 9.59 Å². The van der Waals surface area contributed by atoms with Gasteiger partial charge in [0.1, 0.15) is 6.54 Å². The molecule has 0 aromatic heterocycles. The molecular formula is C18H17F3N2O2. The largest absolute Gasteiger partial charge is 0.322 e. The standard InChI is InChI=1S/C18H17F3N2O2/c1-10-5-4-6-11(2)18(10)23(12(3)24)9-15(25)22-14-8-7-13(19)16(20)17(14)21/h4-8H,9H2,1-3H3,(H,22,25). The smallest absolute Gasteiger partial charge is 0.244 e. The number of aryl methyl sites for hydroxylation is 2. The molecule has 0 spiro atoms. The molecule has 2 rings (SSSR count). The third-order valence-electron chi connectivity index (χ3n) is 3.70. The fourth-order valence-electron chi connectivity index (χ4n) is 2.54. The molecule has 0 aliphatic carbocycles. The lowest BCUT2D eigenvalue weighted by Crippen LogP contribution is -2.37. The molecule has 1 N–H and O–H groups in total. The minimum Gasteiger partial charge on any atom is -0.322 e. The van der Waals surface area contributed by atoms with E-state index in [-0.39, 0.29) is 12.5 Å². The normalized spacial score (nSPS) is 10.5. The Balaban J connectivity index is 2.25. The fraction of sp³-hybridized carbons (Fsp3) is 0.222. The summed E-state index contributed by atoms with van der Waals surface area (Å²) in [6.07, 6.45) is 0. The van der Waals surface area contributed by atoms with Crippen LogP contribution in [0.4, 0.5) is 24.5 Å². The molecule has 0 saturated heterocycles. The van der Waals surface area contributed by atoms with Crippen LogP contribution in [0.2, 0.25) is 0 Å². The van der Waals surface area contributed by atoms with E-state index in [1.807, 2.05) is 6.07 Å². The number of nitrogens with zero attached hydrogens (tertiary/aromatic N) is 1. The number of amides is 2. The van der Waals surface area contributed by atoms with Gasteiger partial charge >= 0.3 is 0 Å². The van der Waals surface area contributed by atoms with Crippen LogP contribution in [0.1, 0.15) is 18.1 Å². The van der Waals surface area contributed by atoms with Gasteiger partial charge in [0.15, 0.2) is 17.5 Å². The van der Waals surface area contributed by atoms with Crippen LogP contribution in [0.3, 0.4) is 0 Å². The molecule has 132 valence electrons. The lowest BCUT2D eigenvalue weighted by atomic mass is 10.1. The highest BCUT2D eigenvalue weighted by Gasteiger charge is 2.21. The maximum atomic E-state index is 13.7. The predicted octanol–water partition coefficient (Wildman–Crippen LogP) is 3.71. The van der Waals surface area contributed by atoms with E-state index in [1.165, 1.54) is 11.8 Å². The molecule has 0 fully saturated rings. The number of rotatable bonds is 4. The van der Waals surface area contributed by atoms with Gasteiger partial charge in [0.2, 0.25) is 11.8 Å². The summed E-state index contributed by atoms with van der Waals surface area (Å²) in [5.74, 6) is -5.62. The summed E-state index contributed by atoms with van der Waals surface area (Å²) in [7, 11) is 0. The summed E-state index contributed by atoms with van der Waals surface area (Å²) in [6.45, 7) is 4.51. The van der Waals surface area contributed by atoms with Crippen molar-refractivity contribution >= 4 is 23.2 Å². The SMILES string of the molecule is CC(=O)N(CC(=O)Nc1ccc(F)c(F)c1F)c1c(C)cccc1C. The molecule has 0 atom stereocenters. The summed E-state index contributed by atoms with van der Waals surface area (Å²) in [6, 6.07) is 7.05. The molecule has 0 aliphatic rings. The first-order valence-electron chi connectivity index (χ1n) is 7.50. The molecule has 0 radical (unpaired) electrons. The van der Waals surface area contributed by atoms with Gasteiger partial charge in [0, 0.05) is 6.92 Å². The van der Waals surface area contributed by atoms with Crippen LogP contribution in [-0.2, 0) is 9.59 Å². The Hall–Kier alpha value is -2.83. The Morgan fingerprint density at radius 2 is 1.60 bits per heavy atom.